The molecule has 1 atom stereocenters. The number of carbonyl (C=O) groups excluding carboxylic acids is 1. The molecule has 17 heavy (non-hydrogen) atoms. The van der Waals surface area contributed by atoms with Gasteiger partial charge in [-0.25, -0.2) is 0 Å². The average molecular weight is 234 g/mol. The van der Waals surface area contributed by atoms with Crippen molar-refractivity contribution in [2.24, 2.45) is 0 Å². The summed E-state index contributed by atoms with van der Waals surface area (Å²) in [5.74, 6) is -0.0998. The first kappa shape index (κ1) is 12.0. The van der Waals surface area contributed by atoms with E-state index in [1.807, 2.05) is 12.1 Å². The van der Waals surface area contributed by atoms with E-state index in [1.54, 1.807) is 12.4 Å². The van der Waals surface area contributed by atoms with Gasteiger partial charge in [-0.1, -0.05) is 0 Å². The van der Waals surface area contributed by atoms with E-state index in [0.717, 1.165) is 32.2 Å². The van der Waals surface area contributed by atoms with Crippen molar-refractivity contribution in [3.63, 3.8) is 0 Å². The smallest absolute Gasteiger partial charge is 0.323 e. The fraction of sp³-hybridized carbons (Fsp3) is 0.538. The average Bonchev–Trinajstić information content (AvgIpc) is 2.89. The van der Waals surface area contributed by atoms with Gasteiger partial charge in [0.1, 0.15) is 6.04 Å². The first-order valence-corrected chi connectivity index (χ1v) is 6.15. The molecule has 0 aliphatic carbocycles. The number of carbonyl (C=O) groups is 1. The van der Waals surface area contributed by atoms with Gasteiger partial charge < -0.3 is 10.1 Å². The maximum Gasteiger partial charge on any atom is 0.323 e. The van der Waals surface area contributed by atoms with Crippen LogP contribution in [0.5, 0.6) is 0 Å². The molecule has 0 bridgehead atoms. The molecule has 0 saturated carbocycles. The molecular formula is C13H18N2O2. The van der Waals surface area contributed by atoms with Crippen LogP contribution in [0.15, 0.2) is 24.5 Å². The van der Waals surface area contributed by atoms with Crippen molar-refractivity contribution in [2.45, 2.75) is 31.7 Å². The molecule has 2 rings (SSSR count). The fourth-order valence-corrected chi connectivity index (χ4v) is 1.98. The van der Waals surface area contributed by atoms with Gasteiger partial charge in [0.15, 0.2) is 0 Å². The van der Waals surface area contributed by atoms with Crippen LogP contribution >= 0.6 is 0 Å². The Hall–Kier alpha value is -1.42. The molecule has 4 heteroatoms. The number of pyridine rings is 1. The number of rotatable bonds is 5. The summed E-state index contributed by atoms with van der Waals surface area (Å²) in [5.41, 5.74) is 1.23. The molecule has 1 aromatic rings. The van der Waals surface area contributed by atoms with E-state index in [2.05, 4.69) is 10.3 Å². The van der Waals surface area contributed by atoms with Gasteiger partial charge in [-0.3, -0.25) is 9.78 Å². The molecule has 0 amide bonds. The number of ether oxygens (including phenoxy) is 1. The van der Waals surface area contributed by atoms with Crippen LogP contribution in [0, 0.1) is 0 Å². The van der Waals surface area contributed by atoms with Crippen LogP contribution < -0.4 is 5.32 Å². The highest BCUT2D eigenvalue weighted by Crippen LogP contribution is 2.07. The highest BCUT2D eigenvalue weighted by molar-refractivity contribution is 5.76. The minimum Gasteiger partial charge on any atom is -0.465 e. The molecule has 1 fully saturated rings. The summed E-state index contributed by atoms with van der Waals surface area (Å²) in [7, 11) is 0. The van der Waals surface area contributed by atoms with E-state index in [0.29, 0.717) is 6.61 Å². The molecule has 0 radical (unpaired) electrons. The Labute approximate surface area is 101 Å². The lowest BCUT2D eigenvalue weighted by atomic mass is 10.1. The molecule has 1 aromatic heterocycles. The lowest BCUT2D eigenvalue weighted by molar-refractivity contribution is -0.145. The van der Waals surface area contributed by atoms with Crippen molar-refractivity contribution < 1.29 is 9.53 Å². The highest BCUT2D eigenvalue weighted by Gasteiger charge is 2.22. The summed E-state index contributed by atoms with van der Waals surface area (Å²) in [6.07, 6.45) is 7.32. The zero-order chi connectivity index (χ0) is 11.9. The summed E-state index contributed by atoms with van der Waals surface area (Å²) >= 11 is 0. The normalized spacial score (nSPS) is 19.2. The van der Waals surface area contributed by atoms with E-state index in [4.69, 9.17) is 4.74 Å². The molecular weight excluding hydrogens is 216 g/mol. The Bertz CT molecular complexity index is 348. The molecule has 4 nitrogen and oxygen atoms in total. The maximum absolute atomic E-state index is 11.6. The molecule has 1 unspecified atom stereocenters. The van der Waals surface area contributed by atoms with E-state index in [-0.39, 0.29) is 12.0 Å². The number of aryl methyl sites for hydroxylation is 1. The molecule has 1 aliphatic rings. The van der Waals surface area contributed by atoms with Crippen LogP contribution in [0.3, 0.4) is 0 Å². The van der Waals surface area contributed by atoms with Crippen molar-refractivity contribution in [3.8, 4) is 0 Å². The first-order chi connectivity index (χ1) is 8.36. The second-order valence-corrected chi connectivity index (χ2v) is 4.28. The fourth-order valence-electron chi connectivity index (χ4n) is 1.98. The Morgan fingerprint density at radius 3 is 3.00 bits per heavy atom. The van der Waals surface area contributed by atoms with Crippen LogP contribution in [0.2, 0.25) is 0 Å². The lowest BCUT2D eigenvalue weighted by Crippen LogP contribution is -2.32. The number of hydrogen-bond donors (Lipinski definition) is 1. The van der Waals surface area contributed by atoms with Crippen LogP contribution in [-0.2, 0) is 16.0 Å². The SMILES string of the molecule is O=C(OCCCc1ccncc1)C1CCCN1. The first-order valence-electron chi connectivity index (χ1n) is 6.15. The van der Waals surface area contributed by atoms with Gasteiger partial charge in [0.2, 0.25) is 0 Å². The van der Waals surface area contributed by atoms with Crippen molar-refractivity contribution in [1.29, 1.82) is 0 Å². The second kappa shape index (κ2) is 6.35. The van der Waals surface area contributed by atoms with Gasteiger partial charge in [-0.2, -0.15) is 0 Å². The van der Waals surface area contributed by atoms with Gasteiger partial charge in [-0.15, -0.1) is 0 Å². The molecule has 1 saturated heterocycles. The van der Waals surface area contributed by atoms with Gasteiger partial charge in [0.25, 0.3) is 0 Å². The predicted octanol–water partition coefficient (Wildman–Crippen LogP) is 1.31. The van der Waals surface area contributed by atoms with Crippen molar-refractivity contribution >= 4 is 5.97 Å². The number of hydrogen-bond acceptors (Lipinski definition) is 4. The van der Waals surface area contributed by atoms with Crippen LogP contribution in [-0.4, -0.2) is 30.1 Å². The summed E-state index contributed by atoms with van der Waals surface area (Å²) in [5, 5.41) is 3.13. The Kier molecular flexibility index (Phi) is 4.50. The summed E-state index contributed by atoms with van der Waals surface area (Å²) in [6.45, 7) is 1.43. The predicted molar refractivity (Wildman–Crippen MR) is 64.5 cm³/mol. The van der Waals surface area contributed by atoms with E-state index in [9.17, 15) is 4.79 Å². The van der Waals surface area contributed by atoms with Crippen molar-refractivity contribution in [3.05, 3.63) is 30.1 Å². The third-order valence-electron chi connectivity index (χ3n) is 2.95. The Morgan fingerprint density at radius 1 is 1.47 bits per heavy atom. The number of esters is 1. The Balaban J connectivity index is 1.61. The van der Waals surface area contributed by atoms with Crippen LogP contribution in [0.4, 0.5) is 0 Å². The zero-order valence-corrected chi connectivity index (χ0v) is 9.89. The van der Waals surface area contributed by atoms with Gasteiger partial charge >= 0.3 is 5.97 Å². The number of nitrogens with one attached hydrogen (secondary N) is 1. The van der Waals surface area contributed by atoms with Crippen molar-refractivity contribution in [2.75, 3.05) is 13.2 Å². The molecule has 0 spiro atoms. The van der Waals surface area contributed by atoms with Gasteiger partial charge in [-0.05, 0) is 49.9 Å². The minimum atomic E-state index is -0.0998. The molecule has 1 N–H and O–H groups in total. The highest BCUT2D eigenvalue weighted by atomic mass is 16.5. The quantitative estimate of drug-likeness (QED) is 0.616. The summed E-state index contributed by atoms with van der Waals surface area (Å²) < 4.78 is 5.23. The summed E-state index contributed by atoms with van der Waals surface area (Å²) in [6, 6.07) is 3.90. The van der Waals surface area contributed by atoms with E-state index in [1.165, 1.54) is 5.56 Å². The van der Waals surface area contributed by atoms with Crippen molar-refractivity contribution in [1.82, 2.24) is 10.3 Å². The second-order valence-electron chi connectivity index (χ2n) is 4.28. The molecule has 1 aliphatic heterocycles. The van der Waals surface area contributed by atoms with Crippen LogP contribution in [0.25, 0.3) is 0 Å². The lowest BCUT2D eigenvalue weighted by Gasteiger charge is -2.10. The topological polar surface area (TPSA) is 51.2 Å². The largest absolute Gasteiger partial charge is 0.465 e. The third kappa shape index (κ3) is 3.82. The number of nitrogens with zero attached hydrogens (tertiary/aromatic N) is 1. The minimum absolute atomic E-state index is 0.0732. The standard InChI is InChI=1S/C13H18N2O2/c16-13(12-4-1-7-15-12)17-10-2-3-11-5-8-14-9-6-11/h5-6,8-9,12,15H,1-4,7,10H2. The maximum atomic E-state index is 11.6. The summed E-state index contributed by atoms with van der Waals surface area (Å²) in [4.78, 5) is 15.5. The van der Waals surface area contributed by atoms with Crippen LogP contribution in [0.1, 0.15) is 24.8 Å². The van der Waals surface area contributed by atoms with Gasteiger partial charge in [0.05, 0.1) is 6.61 Å². The van der Waals surface area contributed by atoms with E-state index >= 15 is 0 Å². The Morgan fingerprint density at radius 2 is 2.29 bits per heavy atom. The third-order valence-corrected chi connectivity index (χ3v) is 2.95. The number of aromatic nitrogens is 1. The monoisotopic (exact) mass is 234 g/mol. The molecule has 0 aromatic carbocycles. The van der Waals surface area contributed by atoms with Gasteiger partial charge in [0, 0.05) is 12.4 Å². The zero-order valence-electron chi connectivity index (χ0n) is 9.89. The molecule has 92 valence electrons. The molecule has 2 heterocycles. The van der Waals surface area contributed by atoms with E-state index < -0.39 is 0 Å².